The molecule has 6 nitrogen and oxygen atoms in total. The quantitative estimate of drug-likeness (QED) is 0.722. The summed E-state index contributed by atoms with van der Waals surface area (Å²) in [5, 5.41) is 8.30. The van der Waals surface area contributed by atoms with Crippen LogP contribution in [0.15, 0.2) is 0 Å². The average molecular weight is 312 g/mol. The number of carbonyl (C=O) groups is 1. The van der Waals surface area contributed by atoms with Crippen molar-refractivity contribution in [1.82, 2.24) is 0 Å². The molecule has 0 aliphatic carbocycles. The Balaban J connectivity index is 4.90. The van der Waals surface area contributed by atoms with Gasteiger partial charge in [-0.2, -0.15) is 13.2 Å². The molecule has 0 rings (SSSR count). The molecular weight excluding hydrogens is 301 g/mol. The van der Waals surface area contributed by atoms with Gasteiger partial charge in [0.05, 0.1) is 17.3 Å². The van der Waals surface area contributed by atoms with Gasteiger partial charge < -0.3 is 5.11 Å². The molecular formula is C7H11F3O6S2. The number of sulfone groups is 2. The second kappa shape index (κ2) is 5.43. The Morgan fingerprint density at radius 3 is 1.89 bits per heavy atom. The number of aliphatic carboxylic acids is 1. The molecule has 0 aliphatic rings. The van der Waals surface area contributed by atoms with E-state index in [1.807, 2.05) is 0 Å². The maximum Gasteiger partial charge on any atom is 0.403 e. The lowest BCUT2D eigenvalue weighted by molar-refractivity contribution is -0.189. The van der Waals surface area contributed by atoms with Crippen molar-refractivity contribution in [3.05, 3.63) is 0 Å². The molecule has 1 atom stereocenters. The van der Waals surface area contributed by atoms with Crippen LogP contribution in [0.1, 0.15) is 0 Å². The van der Waals surface area contributed by atoms with Crippen molar-refractivity contribution < 1.29 is 39.9 Å². The second-order valence-corrected chi connectivity index (χ2v) is 8.17. The zero-order valence-corrected chi connectivity index (χ0v) is 10.8. The summed E-state index contributed by atoms with van der Waals surface area (Å²) >= 11 is 0. The van der Waals surface area contributed by atoms with Gasteiger partial charge in [-0.15, -0.1) is 0 Å². The molecule has 0 aliphatic heterocycles. The summed E-state index contributed by atoms with van der Waals surface area (Å²) in [6, 6.07) is 0. The topological polar surface area (TPSA) is 106 Å². The maximum absolute atomic E-state index is 12.2. The summed E-state index contributed by atoms with van der Waals surface area (Å²) in [4.78, 5) is 10.3. The van der Waals surface area contributed by atoms with E-state index in [4.69, 9.17) is 5.11 Å². The average Bonchev–Trinajstić information content (AvgIpc) is 2.08. The molecule has 0 heterocycles. The smallest absolute Gasteiger partial charge is 0.403 e. The van der Waals surface area contributed by atoms with Gasteiger partial charge in [0.1, 0.15) is 9.84 Å². The van der Waals surface area contributed by atoms with Gasteiger partial charge >= 0.3 is 12.1 Å². The zero-order valence-electron chi connectivity index (χ0n) is 9.14. The molecule has 0 saturated carbocycles. The normalized spacial score (nSPS) is 15.3. The fourth-order valence-electron chi connectivity index (χ4n) is 0.921. The Labute approximate surface area is 102 Å². The molecule has 0 aromatic carbocycles. The van der Waals surface area contributed by atoms with Crippen molar-refractivity contribution in [2.24, 2.45) is 5.92 Å². The Morgan fingerprint density at radius 2 is 1.61 bits per heavy atom. The lowest BCUT2D eigenvalue weighted by Crippen LogP contribution is -2.37. The molecule has 0 spiro atoms. The minimum atomic E-state index is -5.20. The van der Waals surface area contributed by atoms with Crippen LogP contribution in [-0.2, 0) is 24.5 Å². The monoisotopic (exact) mass is 312 g/mol. The van der Waals surface area contributed by atoms with Crippen LogP contribution in [0, 0.1) is 5.92 Å². The van der Waals surface area contributed by atoms with Crippen molar-refractivity contribution in [3.63, 3.8) is 0 Å². The lowest BCUT2D eigenvalue weighted by atomic mass is 10.2. The summed E-state index contributed by atoms with van der Waals surface area (Å²) in [5.74, 6) is -8.92. The molecule has 1 unspecified atom stereocenters. The molecule has 1 N–H and O–H groups in total. The van der Waals surface area contributed by atoms with Crippen LogP contribution < -0.4 is 0 Å². The summed E-state index contributed by atoms with van der Waals surface area (Å²) in [7, 11) is -8.08. The Kier molecular flexibility index (Phi) is 5.17. The fraction of sp³-hybridized carbons (Fsp3) is 0.857. The van der Waals surface area contributed by atoms with E-state index < -0.39 is 55.0 Å². The van der Waals surface area contributed by atoms with Crippen LogP contribution >= 0.6 is 0 Å². The molecule has 0 amide bonds. The number of carboxylic acids is 1. The van der Waals surface area contributed by atoms with Crippen LogP contribution in [-0.4, -0.2) is 57.6 Å². The largest absolute Gasteiger partial charge is 0.481 e. The molecule has 0 fully saturated rings. The van der Waals surface area contributed by atoms with Gasteiger partial charge in [-0.1, -0.05) is 0 Å². The third-order valence-electron chi connectivity index (χ3n) is 1.88. The molecule has 0 aromatic rings. The highest BCUT2D eigenvalue weighted by atomic mass is 32.2. The van der Waals surface area contributed by atoms with Crippen LogP contribution in [0.5, 0.6) is 0 Å². The van der Waals surface area contributed by atoms with Gasteiger partial charge in [0.15, 0.2) is 15.8 Å². The standard InChI is InChI=1S/C7H11F3O6S2/c1-17(13,14)2-3-18(15,16)4-5(6(11)12)7(8,9)10/h5H,2-4H2,1H3,(H,11,12). The third kappa shape index (κ3) is 6.79. The van der Waals surface area contributed by atoms with E-state index in [1.54, 1.807) is 0 Å². The zero-order chi connectivity index (χ0) is 14.8. The lowest BCUT2D eigenvalue weighted by Gasteiger charge is -2.15. The highest BCUT2D eigenvalue weighted by molar-refractivity contribution is 7.94. The fourth-order valence-corrected chi connectivity index (χ4v) is 4.15. The van der Waals surface area contributed by atoms with Crippen LogP contribution in [0.4, 0.5) is 13.2 Å². The van der Waals surface area contributed by atoms with Crippen LogP contribution in [0.25, 0.3) is 0 Å². The molecule has 108 valence electrons. The number of rotatable bonds is 6. The van der Waals surface area contributed by atoms with Gasteiger partial charge in [-0.05, 0) is 0 Å². The van der Waals surface area contributed by atoms with E-state index in [9.17, 15) is 34.8 Å². The second-order valence-electron chi connectivity index (χ2n) is 3.68. The van der Waals surface area contributed by atoms with E-state index >= 15 is 0 Å². The van der Waals surface area contributed by atoms with Crippen molar-refractivity contribution in [1.29, 1.82) is 0 Å². The highest BCUT2D eigenvalue weighted by Crippen LogP contribution is 2.27. The minimum Gasteiger partial charge on any atom is -0.481 e. The minimum absolute atomic E-state index is 0.723. The summed E-state index contributed by atoms with van der Waals surface area (Å²) < 4.78 is 80.4. The SMILES string of the molecule is CS(=O)(=O)CCS(=O)(=O)CC(C(=O)O)C(F)(F)F. The molecule has 0 saturated heterocycles. The van der Waals surface area contributed by atoms with Crippen molar-refractivity contribution in [2.75, 3.05) is 23.5 Å². The number of hydrogen-bond donors (Lipinski definition) is 1. The van der Waals surface area contributed by atoms with E-state index in [1.165, 1.54) is 0 Å². The Bertz CT molecular complexity index is 504. The number of carboxylic acid groups (broad SMARTS) is 1. The first-order valence-corrected chi connectivity index (χ1v) is 8.30. The van der Waals surface area contributed by atoms with Gasteiger partial charge in [-0.25, -0.2) is 16.8 Å². The van der Waals surface area contributed by atoms with Gasteiger partial charge in [0.25, 0.3) is 0 Å². The van der Waals surface area contributed by atoms with E-state index in [2.05, 4.69) is 0 Å². The first kappa shape index (κ1) is 17.2. The summed E-state index contributed by atoms with van der Waals surface area (Å²) in [6.45, 7) is 0. The van der Waals surface area contributed by atoms with E-state index in [0.29, 0.717) is 0 Å². The predicted octanol–water partition coefficient (Wildman–Crippen LogP) is -0.291. The Morgan fingerprint density at radius 1 is 1.17 bits per heavy atom. The first-order chi connectivity index (χ1) is 7.75. The first-order valence-electron chi connectivity index (χ1n) is 4.42. The van der Waals surface area contributed by atoms with Crippen molar-refractivity contribution in [2.45, 2.75) is 6.18 Å². The van der Waals surface area contributed by atoms with Gasteiger partial charge in [0, 0.05) is 6.26 Å². The molecule has 0 bridgehead atoms. The van der Waals surface area contributed by atoms with Gasteiger partial charge in [-0.3, -0.25) is 4.79 Å². The number of alkyl halides is 3. The van der Waals surface area contributed by atoms with Crippen molar-refractivity contribution >= 4 is 25.6 Å². The Hall–Kier alpha value is -0.840. The highest BCUT2D eigenvalue weighted by Gasteiger charge is 2.47. The van der Waals surface area contributed by atoms with Crippen molar-refractivity contribution in [3.8, 4) is 0 Å². The van der Waals surface area contributed by atoms with Gasteiger partial charge in [0.2, 0.25) is 0 Å². The van der Waals surface area contributed by atoms with Crippen LogP contribution in [0.3, 0.4) is 0 Å². The van der Waals surface area contributed by atoms with E-state index in [0.717, 1.165) is 6.26 Å². The van der Waals surface area contributed by atoms with Crippen LogP contribution in [0.2, 0.25) is 0 Å². The molecule has 18 heavy (non-hydrogen) atoms. The third-order valence-corrected chi connectivity index (χ3v) is 4.75. The summed E-state index contributed by atoms with van der Waals surface area (Å²) in [6.07, 6.45) is -4.48. The predicted molar refractivity (Wildman–Crippen MR) is 55.5 cm³/mol. The maximum atomic E-state index is 12.2. The molecule has 11 heteroatoms. The molecule has 0 radical (unpaired) electrons. The summed E-state index contributed by atoms with van der Waals surface area (Å²) in [5.41, 5.74) is 0. The van der Waals surface area contributed by atoms with E-state index in [-0.39, 0.29) is 0 Å². The number of hydrogen-bond acceptors (Lipinski definition) is 5. The number of halogens is 3. The molecule has 0 aromatic heterocycles.